The molecule has 6 nitrogen and oxygen atoms in total. The molecule has 1 heterocycles. The zero-order chi connectivity index (χ0) is 21.5. The van der Waals surface area contributed by atoms with E-state index in [2.05, 4.69) is 36.2 Å². The van der Waals surface area contributed by atoms with Gasteiger partial charge in [0.2, 0.25) is 5.91 Å². The molecule has 0 atom stereocenters. The van der Waals surface area contributed by atoms with Gasteiger partial charge in [0, 0.05) is 19.2 Å². The topological polar surface area (TPSA) is 67.9 Å². The molecule has 158 valence electrons. The maximum absolute atomic E-state index is 12.6. The van der Waals surface area contributed by atoms with E-state index < -0.39 is 5.97 Å². The van der Waals surface area contributed by atoms with Crippen LogP contribution < -0.4 is 10.2 Å². The SMILES string of the molecule is COC(=O)c1ccc(N2CCOCC2)c(NC(=O)/C=C/c2ccc(C(C)C)cc2)c1. The van der Waals surface area contributed by atoms with Crippen LogP contribution in [-0.4, -0.2) is 45.3 Å². The number of nitrogens with one attached hydrogen (secondary N) is 1. The molecule has 1 aliphatic rings. The second-order valence-corrected chi connectivity index (χ2v) is 7.47. The number of nitrogens with zero attached hydrogens (tertiary/aromatic N) is 1. The number of amides is 1. The van der Waals surface area contributed by atoms with Gasteiger partial charge >= 0.3 is 5.97 Å². The van der Waals surface area contributed by atoms with E-state index in [0.29, 0.717) is 30.4 Å². The molecular formula is C24H28N2O4. The van der Waals surface area contributed by atoms with Gasteiger partial charge < -0.3 is 19.7 Å². The van der Waals surface area contributed by atoms with Gasteiger partial charge in [0.1, 0.15) is 0 Å². The molecule has 1 aliphatic heterocycles. The Morgan fingerprint density at radius 1 is 1.10 bits per heavy atom. The summed E-state index contributed by atoms with van der Waals surface area (Å²) in [5, 5.41) is 2.91. The second-order valence-electron chi connectivity index (χ2n) is 7.47. The molecule has 1 saturated heterocycles. The predicted molar refractivity (Wildman–Crippen MR) is 119 cm³/mol. The minimum Gasteiger partial charge on any atom is -0.465 e. The molecule has 1 fully saturated rings. The van der Waals surface area contributed by atoms with Gasteiger partial charge in [-0.2, -0.15) is 0 Å². The van der Waals surface area contributed by atoms with Crippen LogP contribution in [0.25, 0.3) is 6.08 Å². The highest BCUT2D eigenvalue weighted by Crippen LogP contribution is 2.28. The summed E-state index contributed by atoms with van der Waals surface area (Å²) in [7, 11) is 1.34. The minimum atomic E-state index is -0.445. The molecule has 0 spiro atoms. The molecule has 1 N–H and O–H groups in total. The van der Waals surface area contributed by atoms with Gasteiger partial charge in [0.25, 0.3) is 0 Å². The van der Waals surface area contributed by atoms with Crippen LogP contribution in [0.15, 0.2) is 48.5 Å². The summed E-state index contributed by atoms with van der Waals surface area (Å²) in [6.45, 7) is 6.98. The first-order valence-corrected chi connectivity index (χ1v) is 10.1. The van der Waals surface area contributed by atoms with E-state index in [1.165, 1.54) is 18.7 Å². The Labute approximate surface area is 177 Å². The number of ether oxygens (including phenoxy) is 2. The zero-order valence-corrected chi connectivity index (χ0v) is 17.7. The maximum atomic E-state index is 12.6. The Morgan fingerprint density at radius 2 is 1.80 bits per heavy atom. The van der Waals surface area contributed by atoms with Gasteiger partial charge in [-0.1, -0.05) is 38.1 Å². The summed E-state index contributed by atoms with van der Waals surface area (Å²) in [5.41, 5.74) is 4.02. The first-order valence-electron chi connectivity index (χ1n) is 10.1. The molecular weight excluding hydrogens is 380 g/mol. The molecule has 2 aromatic carbocycles. The molecule has 3 rings (SSSR count). The number of benzene rings is 2. The summed E-state index contributed by atoms with van der Waals surface area (Å²) in [6.07, 6.45) is 3.27. The van der Waals surface area contributed by atoms with Crippen LogP contribution in [0, 0.1) is 0 Å². The monoisotopic (exact) mass is 408 g/mol. The fraction of sp³-hybridized carbons (Fsp3) is 0.333. The predicted octanol–water partition coefficient (Wildman–Crippen LogP) is 4.09. The summed E-state index contributed by atoms with van der Waals surface area (Å²) >= 11 is 0. The van der Waals surface area contributed by atoms with Gasteiger partial charge in [0.05, 0.1) is 37.3 Å². The molecule has 2 aromatic rings. The molecule has 0 aromatic heterocycles. The van der Waals surface area contributed by atoms with Gasteiger partial charge in [-0.05, 0) is 41.3 Å². The first kappa shape index (κ1) is 21.6. The standard InChI is InChI=1S/C24H28N2O4/c1-17(2)19-7-4-18(5-8-19)6-11-23(27)25-21-16-20(24(28)29-3)9-10-22(21)26-12-14-30-15-13-26/h4-11,16-17H,12-15H2,1-3H3,(H,25,27)/b11-6+. The van der Waals surface area contributed by atoms with Crippen LogP contribution in [-0.2, 0) is 14.3 Å². The van der Waals surface area contributed by atoms with Crippen LogP contribution in [0.3, 0.4) is 0 Å². The van der Waals surface area contributed by atoms with E-state index in [1.54, 1.807) is 18.2 Å². The van der Waals surface area contributed by atoms with Gasteiger partial charge in [-0.15, -0.1) is 0 Å². The number of hydrogen-bond acceptors (Lipinski definition) is 5. The number of carbonyl (C=O) groups excluding carboxylic acids is 2. The van der Waals surface area contributed by atoms with Crippen LogP contribution >= 0.6 is 0 Å². The molecule has 0 radical (unpaired) electrons. The lowest BCUT2D eigenvalue weighted by atomic mass is 10.0. The van der Waals surface area contributed by atoms with Crippen molar-refractivity contribution in [2.75, 3.05) is 43.6 Å². The number of hydrogen-bond donors (Lipinski definition) is 1. The molecule has 6 heteroatoms. The molecule has 0 bridgehead atoms. The third-order valence-electron chi connectivity index (χ3n) is 5.06. The largest absolute Gasteiger partial charge is 0.465 e. The van der Waals surface area contributed by atoms with Crippen LogP contribution in [0.2, 0.25) is 0 Å². The first-order chi connectivity index (χ1) is 14.5. The normalized spacial score (nSPS) is 14.2. The van der Waals surface area contributed by atoms with Crippen molar-refractivity contribution < 1.29 is 19.1 Å². The second kappa shape index (κ2) is 10.1. The number of carbonyl (C=O) groups is 2. The quantitative estimate of drug-likeness (QED) is 0.576. The number of rotatable bonds is 6. The average molecular weight is 408 g/mol. The van der Waals surface area contributed by atoms with Crippen LogP contribution in [0.4, 0.5) is 11.4 Å². The van der Waals surface area contributed by atoms with E-state index in [4.69, 9.17) is 9.47 Å². The molecule has 0 saturated carbocycles. The Morgan fingerprint density at radius 3 is 2.43 bits per heavy atom. The van der Waals surface area contributed by atoms with Crippen molar-refractivity contribution in [3.05, 3.63) is 65.2 Å². The highest BCUT2D eigenvalue weighted by Gasteiger charge is 2.18. The van der Waals surface area contributed by atoms with E-state index in [0.717, 1.165) is 24.3 Å². The van der Waals surface area contributed by atoms with Crippen molar-refractivity contribution in [2.45, 2.75) is 19.8 Å². The van der Waals surface area contributed by atoms with E-state index in [-0.39, 0.29) is 5.91 Å². The Hall–Kier alpha value is -3.12. The molecule has 30 heavy (non-hydrogen) atoms. The van der Waals surface area contributed by atoms with Crippen molar-refractivity contribution in [2.24, 2.45) is 0 Å². The van der Waals surface area contributed by atoms with Crippen molar-refractivity contribution in [1.29, 1.82) is 0 Å². The van der Waals surface area contributed by atoms with Crippen molar-refractivity contribution in [3.63, 3.8) is 0 Å². The van der Waals surface area contributed by atoms with Crippen molar-refractivity contribution in [3.8, 4) is 0 Å². The summed E-state index contributed by atoms with van der Waals surface area (Å²) < 4.78 is 10.2. The van der Waals surface area contributed by atoms with Gasteiger partial charge in [-0.25, -0.2) is 4.79 Å². The molecule has 0 unspecified atom stereocenters. The van der Waals surface area contributed by atoms with Gasteiger partial charge in [0.15, 0.2) is 0 Å². The summed E-state index contributed by atoms with van der Waals surface area (Å²) in [4.78, 5) is 26.7. The summed E-state index contributed by atoms with van der Waals surface area (Å²) in [6, 6.07) is 13.3. The lowest BCUT2D eigenvalue weighted by Gasteiger charge is -2.30. The maximum Gasteiger partial charge on any atom is 0.337 e. The molecule has 1 amide bonds. The summed E-state index contributed by atoms with van der Waals surface area (Å²) in [5.74, 6) is -0.244. The minimum absolute atomic E-state index is 0.264. The Kier molecular flexibility index (Phi) is 7.25. The van der Waals surface area contributed by atoms with E-state index in [1.807, 2.05) is 18.2 Å². The zero-order valence-electron chi connectivity index (χ0n) is 17.7. The smallest absolute Gasteiger partial charge is 0.337 e. The fourth-order valence-corrected chi connectivity index (χ4v) is 3.30. The van der Waals surface area contributed by atoms with Crippen molar-refractivity contribution in [1.82, 2.24) is 0 Å². The lowest BCUT2D eigenvalue weighted by Crippen LogP contribution is -2.36. The van der Waals surface area contributed by atoms with E-state index >= 15 is 0 Å². The van der Waals surface area contributed by atoms with Crippen LogP contribution in [0.5, 0.6) is 0 Å². The van der Waals surface area contributed by atoms with Gasteiger partial charge in [-0.3, -0.25) is 4.79 Å². The van der Waals surface area contributed by atoms with Crippen LogP contribution in [0.1, 0.15) is 41.3 Å². The Bertz CT molecular complexity index is 913. The third-order valence-corrected chi connectivity index (χ3v) is 5.06. The highest BCUT2D eigenvalue weighted by molar-refractivity contribution is 6.05. The number of methoxy groups -OCH3 is 1. The number of anilines is 2. The molecule has 0 aliphatic carbocycles. The average Bonchev–Trinajstić information content (AvgIpc) is 2.78. The highest BCUT2D eigenvalue weighted by atomic mass is 16.5. The van der Waals surface area contributed by atoms with Crippen molar-refractivity contribution >= 4 is 29.3 Å². The number of morpholine rings is 1. The number of esters is 1. The van der Waals surface area contributed by atoms with E-state index in [9.17, 15) is 9.59 Å². The fourth-order valence-electron chi connectivity index (χ4n) is 3.30. The Balaban J connectivity index is 1.78. The lowest BCUT2D eigenvalue weighted by molar-refractivity contribution is -0.111. The third kappa shape index (κ3) is 5.48.